The van der Waals surface area contributed by atoms with Gasteiger partial charge in [-0.1, -0.05) is 18.2 Å². The Hall–Kier alpha value is -1.49. The Morgan fingerprint density at radius 2 is 1.84 bits per heavy atom. The van der Waals surface area contributed by atoms with Crippen LogP contribution in [0.5, 0.6) is 0 Å². The highest BCUT2D eigenvalue weighted by molar-refractivity contribution is 9.12. The average molecular weight is 328 g/mol. The van der Waals surface area contributed by atoms with Crippen LogP contribution in [0.15, 0.2) is 34.6 Å². The summed E-state index contributed by atoms with van der Waals surface area (Å²) in [5, 5.41) is 3.10. The molecule has 0 atom stereocenters. The number of hydrogen-bond donors (Lipinski definition) is 1. The summed E-state index contributed by atoms with van der Waals surface area (Å²) in [7, 11) is 0. The minimum atomic E-state index is -0.452. The number of hydrogen-bond acceptors (Lipinski definition) is 4. The number of aryl methyl sites for hydroxylation is 1. The third-order valence-electron chi connectivity index (χ3n) is 2.34. The maximum Gasteiger partial charge on any atom is 0.350 e. The Balaban J connectivity index is 2.98. The highest BCUT2D eigenvalue weighted by Crippen LogP contribution is 2.21. The molecule has 1 aromatic carbocycles. The zero-order chi connectivity index (χ0) is 14.3. The number of anilines is 1. The molecule has 104 valence electrons. The van der Waals surface area contributed by atoms with E-state index in [4.69, 9.17) is 9.47 Å². The van der Waals surface area contributed by atoms with Crippen molar-refractivity contribution >= 4 is 27.6 Å². The van der Waals surface area contributed by atoms with Crippen molar-refractivity contribution in [3.8, 4) is 0 Å². The fraction of sp³-hybridized carbons (Fsp3) is 0.357. The van der Waals surface area contributed by atoms with Gasteiger partial charge in [0.1, 0.15) is 0 Å². The fourth-order valence-corrected chi connectivity index (χ4v) is 1.75. The lowest BCUT2D eigenvalue weighted by Crippen LogP contribution is -2.13. The van der Waals surface area contributed by atoms with Crippen LogP contribution in [-0.4, -0.2) is 19.2 Å². The quantitative estimate of drug-likeness (QED) is 0.493. The molecule has 0 saturated carbocycles. The summed E-state index contributed by atoms with van der Waals surface area (Å²) < 4.78 is 10.6. The van der Waals surface area contributed by atoms with Crippen molar-refractivity contribution in [2.45, 2.75) is 20.8 Å². The van der Waals surface area contributed by atoms with E-state index in [1.165, 1.54) is 0 Å². The first-order chi connectivity index (χ1) is 9.10. The maximum absolute atomic E-state index is 11.7. The van der Waals surface area contributed by atoms with Gasteiger partial charge in [0.2, 0.25) is 5.88 Å². The standard InChI is InChI=1S/C14H18BrNO3/c1-4-18-13(12(15)14(17)19-5-2)16-11-9-7-6-8-10(11)3/h6-9,16H,4-5H2,1-3H3/b13-12+. The largest absolute Gasteiger partial charge is 0.478 e. The molecule has 0 bridgehead atoms. The summed E-state index contributed by atoms with van der Waals surface area (Å²) in [6.45, 7) is 6.35. The third-order valence-corrected chi connectivity index (χ3v) is 3.02. The third kappa shape index (κ3) is 4.59. The van der Waals surface area contributed by atoms with E-state index >= 15 is 0 Å². The Bertz CT molecular complexity index is 472. The molecular weight excluding hydrogens is 310 g/mol. The number of rotatable bonds is 6. The number of benzene rings is 1. The number of ether oxygens (including phenoxy) is 2. The van der Waals surface area contributed by atoms with E-state index in [0.29, 0.717) is 19.1 Å². The molecule has 0 spiro atoms. The molecule has 4 nitrogen and oxygen atoms in total. The molecule has 5 heteroatoms. The van der Waals surface area contributed by atoms with E-state index in [0.717, 1.165) is 11.3 Å². The number of esters is 1. The first kappa shape index (κ1) is 15.6. The van der Waals surface area contributed by atoms with E-state index in [9.17, 15) is 4.79 Å². The molecule has 0 fully saturated rings. The summed E-state index contributed by atoms with van der Waals surface area (Å²) in [6.07, 6.45) is 0. The first-order valence-electron chi connectivity index (χ1n) is 6.12. The van der Waals surface area contributed by atoms with Crippen LogP contribution >= 0.6 is 15.9 Å². The van der Waals surface area contributed by atoms with Crippen molar-refractivity contribution in [1.82, 2.24) is 0 Å². The predicted molar refractivity (Wildman–Crippen MR) is 79.0 cm³/mol. The van der Waals surface area contributed by atoms with Crippen molar-refractivity contribution in [3.05, 3.63) is 40.2 Å². The molecule has 0 radical (unpaired) electrons. The second-order valence-electron chi connectivity index (χ2n) is 3.74. The van der Waals surface area contributed by atoms with E-state index in [-0.39, 0.29) is 4.48 Å². The molecule has 0 aliphatic rings. The Labute approximate surface area is 121 Å². The smallest absolute Gasteiger partial charge is 0.350 e. The van der Waals surface area contributed by atoms with Crippen LogP contribution in [0.3, 0.4) is 0 Å². The molecule has 1 rings (SSSR count). The fourth-order valence-electron chi connectivity index (χ4n) is 1.42. The van der Waals surface area contributed by atoms with Crippen molar-refractivity contribution in [2.75, 3.05) is 18.5 Å². The highest BCUT2D eigenvalue weighted by Gasteiger charge is 2.16. The van der Waals surface area contributed by atoms with Crippen LogP contribution in [0.25, 0.3) is 0 Å². The van der Waals surface area contributed by atoms with Crippen LogP contribution in [0.1, 0.15) is 19.4 Å². The van der Waals surface area contributed by atoms with E-state index < -0.39 is 5.97 Å². The van der Waals surface area contributed by atoms with Gasteiger partial charge in [-0.3, -0.25) is 0 Å². The normalized spacial score (nSPS) is 11.6. The SMILES string of the molecule is CCOC(=O)/C(Br)=C(/Nc1ccccc1C)OCC. The van der Waals surface area contributed by atoms with Crippen LogP contribution in [0, 0.1) is 6.92 Å². The zero-order valence-electron chi connectivity index (χ0n) is 11.3. The van der Waals surface area contributed by atoms with Gasteiger partial charge in [0.25, 0.3) is 0 Å². The lowest BCUT2D eigenvalue weighted by molar-refractivity contribution is -0.137. The van der Waals surface area contributed by atoms with Crippen LogP contribution in [0.2, 0.25) is 0 Å². The summed E-state index contributed by atoms with van der Waals surface area (Å²) >= 11 is 3.21. The minimum absolute atomic E-state index is 0.249. The van der Waals surface area contributed by atoms with Gasteiger partial charge >= 0.3 is 5.97 Å². The molecule has 0 aliphatic carbocycles. The Kier molecular flexibility index (Phi) is 6.42. The monoisotopic (exact) mass is 327 g/mol. The number of halogens is 1. The van der Waals surface area contributed by atoms with Gasteiger partial charge in [-0.05, 0) is 48.3 Å². The lowest BCUT2D eigenvalue weighted by atomic mass is 10.2. The Morgan fingerprint density at radius 1 is 1.21 bits per heavy atom. The van der Waals surface area contributed by atoms with Crippen molar-refractivity contribution in [2.24, 2.45) is 0 Å². The van der Waals surface area contributed by atoms with E-state index in [2.05, 4.69) is 21.2 Å². The average Bonchev–Trinajstić information content (AvgIpc) is 2.40. The highest BCUT2D eigenvalue weighted by atomic mass is 79.9. The zero-order valence-corrected chi connectivity index (χ0v) is 12.9. The van der Waals surface area contributed by atoms with Crippen LogP contribution in [-0.2, 0) is 14.3 Å². The summed E-state index contributed by atoms with van der Waals surface area (Å²) in [4.78, 5) is 11.7. The van der Waals surface area contributed by atoms with Gasteiger partial charge in [0.05, 0.1) is 13.2 Å². The van der Waals surface area contributed by atoms with Gasteiger partial charge in [-0.15, -0.1) is 0 Å². The molecule has 0 unspecified atom stereocenters. The van der Waals surface area contributed by atoms with Gasteiger partial charge in [-0.25, -0.2) is 4.79 Å². The molecule has 19 heavy (non-hydrogen) atoms. The lowest BCUT2D eigenvalue weighted by Gasteiger charge is -2.15. The molecule has 1 aromatic rings. The van der Waals surface area contributed by atoms with Gasteiger partial charge in [0.15, 0.2) is 4.48 Å². The van der Waals surface area contributed by atoms with E-state index in [1.807, 2.05) is 38.1 Å². The van der Waals surface area contributed by atoms with Crippen LogP contribution < -0.4 is 5.32 Å². The molecule has 0 amide bonds. The summed E-state index contributed by atoms with van der Waals surface area (Å²) in [6, 6.07) is 7.76. The second-order valence-corrected chi connectivity index (χ2v) is 4.53. The van der Waals surface area contributed by atoms with Crippen molar-refractivity contribution in [1.29, 1.82) is 0 Å². The number of carbonyl (C=O) groups excluding carboxylic acids is 1. The Morgan fingerprint density at radius 3 is 2.42 bits per heavy atom. The summed E-state index contributed by atoms with van der Waals surface area (Å²) in [5.74, 6) is -0.0951. The molecular formula is C14H18BrNO3. The molecule has 0 aromatic heterocycles. The molecule has 0 heterocycles. The molecule has 1 N–H and O–H groups in total. The minimum Gasteiger partial charge on any atom is -0.478 e. The van der Waals surface area contributed by atoms with Gasteiger partial charge < -0.3 is 14.8 Å². The first-order valence-corrected chi connectivity index (χ1v) is 6.91. The predicted octanol–water partition coefficient (Wildman–Crippen LogP) is 3.57. The second kappa shape index (κ2) is 7.84. The van der Waals surface area contributed by atoms with E-state index in [1.54, 1.807) is 6.92 Å². The van der Waals surface area contributed by atoms with Crippen molar-refractivity contribution < 1.29 is 14.3 Å². The topological polar surface area (TPSA) is 47.6 Å². The maximum atomic E-state index is 11.7. The molecule has 0 saturated heterocycles. The molecule has 0 aliphatic heterocycles. The number of nitrogens with one attached hydrogen (secondary N) is 1. The summed E-state index contributed by atoms with van der Waals surface area (Å²) in [5.41, 5.74) is 1.94. The van der Waals surface area contributed by atoms with Crippen molar-refractivity contribution in [3.63, 3.8) is 0 Å². The number of para-hydroxylation sites is 1. The van der Waals surface area contributed by atoms with Gasteiger partial charge in [-0.2, -0.15) is 0 Å². The van der Waals surface area contributed by atoms with Crippen LogP contribution in [0.4, 0.5) is 5.69 Å². The van der Waals surface area contributed by atoms with Gasteiger partial charge in [0, 0.05) is 5.69 Å². The number of carbonyl (C=O) groups is 1.